The molecule has 4 rings (SSSR count). The quantitative estimate of drug-likeness (QED) is 0.257. The Kier molecular flexibility index (Phi) is 10.2. The number of piperidine rings is 1. The molecule has 13 heteroatoms. The van der Waals surface area contributed by atoms with Crippen LogP contribution in [-0.4, -0.2) is 84.7 Å². The second kappa shape index (κ2) is 13.3. The highest BCUT2D eigenvalue weighted by molar-refractivity contribution is 6.83. The molecule has 3 aliphatic rings. The Morgan fingerprint density at radius 1 is 0.935 bits per heavy atom. The maximum atomic E-state index is 14.5. The van der Waals surface area contributed by atoms with Gasteiger partial charge in [-0.15, -0.1) is 5.54 Å². The van der Waals surface area contributed by atoms with Crippen molar-refractivity contribution in [1.29, 1.82) is 0 Å². The van der Waals surface area contributed by atoms with E-state index in [9.17, 15) is 32.3 Å². The number of fused-ring (bicyclic) bond motifs is 2. The molecule has 9 nitrogen and oxygen atoms in total. The van der Waals surface area contributed by atoms with E-state index in [0.29, 0.717) is 38.5 Å². The normalized spacial score (nSPS) is 25.3. The number of benzene rings is 1. The number of alkyl halides is 3. The first-order valence-corrected chi connectivity index (χ1v) is 19.2. The Morgan fingerprint density at radius 2 is 1.52 bits per heavy atom. The molecule has 3 fully saturated rings. The van der Waals surface area contributed by atoms with Gasteiger partial charge >= 0.3 is 18.2 Å². The Bertz CT molecular complexity index is 1380. The van der Waals surface area contributed by atoms with E-state index >= 15 is 0 Å². The molecule has 3 saturated heterocycles. The van der Waals surface area contributed by atoms with Gasteiger partial charge in [0.05, 0.1) is 18.7 Å². The van der Waals surface area contributed by atoms with E-state index in [-0.39, 0.29) is 23.6 Å². The second-order valence-electron chi connectivity index (χ2n) is 14.4. The molecule has 0 saturated carbocycles. The van der Waals surface area contributed by atoms with Crippen molar-refractivity contribution in [3.63, 3.8) is 0 Å². The first-order valence-electron chi connectivity index (χ1n) is 15.7. The first kappa shape index (κ1) is 35.3. The average Bonchev–Trinajstić information content (AvgIpc) is 3.49. The number of nitrogens with one attached hydrogen (secondary N) is 1. The van der Waals surface area contributed by atoms with Gasteiger partial charge in [0.1, 0.15) is 25.8 Å². The van der Waals surface area contributed by atoms with Crippen LogP contribution in [0.15, 0.2) is 24.3 Å². The van der Waals surface area contributed by atoms with Gasteiger partial charge in [-0.25, -0.2) is 9.59 Å². The molecule has 1 aromatic rings. The van der Waals surface area contributed by atoms with Crippen LogP contribution in [0.3, 0.4) is 0 Å². The molecule has 3 heterocycles. The van der Waals surface area contributed by atoms with Crippen molar-refractivity contribution in [2.45, 2.75) is 121 Å². The summed E-state index contributed by atoms with van der Waals surface area (Å²) in [5, 5.41) is 2.80. The topological polar surface area (TPSA) is 105 Å². The fraction of sp³-hybridized carbons (Fsp3) is 0.636. The molecule has 3 aliphatic heterocycles. The molecule has 252 valence electrons. The molecule has 1 aromatic carbocycles. The number of halogens is 3. The van der Waals surface area contributed by atoms with Gasteiger partial charge in [0.25, 0.3) is 5.91 Å². The molecule has 1 N–H and O–H groups in total. The minimum absolute atomic E-state index is 0.157. The lowest BCUT2D eigenvalue weighted by atomic mass is 9.83. The number of methoxy groups -OCH3 is 1. The zero-order valence-electron chi connectivity index (χ0n) is 27.5. The number of carbonyl (C=O) groups excluding carboxylic acids is 4. The number of alkyl carbamates (subject to hydrolysis) is 1. The van der Waals surface area contributed by atoms with Crippen LogP contribution in [-0.2, 0) is 25.2 Å². The van der Waals surface area contributed by atoms with Crippen molar-refractivity contribution in [3.8, 4) is 11.5 Å². The highest BCUT2D eigenvalue weighted by atomic mass is 28.3. The fourth-order valence-corrected chi connectivity index (χ4v) is 7.28. The Balaban J connectivity index is 1.63. The van der Waals surface area contributed by atoms with E-state index < -0.39 is 67.4 Å². The zero-order chi connectivity index (χ0) is 34.2. The van der Waals surface area contributed by atoms with Crippen LogP contribution in [0.25, 0.3) is 0 Å². The third kappa shape index (κ3) is 8.24. The molecular formula is C33H44F3N3O6Si. The predicted octanol–water partition coefficient (Wildman–Crippen LogP) is 5.40. The van der Waals surface area contributed by atoms with Crippen molar-refractivity contribution in [2.24, 2.45) is 5.92 Å². The van der Waals surface area contributed by atoms with Crippen LogP contribution in [0.1, 0.15) is 75.2 Å². The van der Waals surface area contributed by atoms with Crippen molar-refractivity contribution >= 4 is 32.0 Å². The van der Waals surface area contributed by atoms with Crippen LogP contribution in [0.5, 0.6) is 0 Å². The monoisotopic (exact) mass is 663 g/mol. The maximum Gasteiger partial charge on any atom is 0.416 e. The SMILES string of the molecule is COC(=O)[C@@H]1CC[C@H](C#C[Si](C)(C)C)N1C(=O)[C@@H](NC(=O)OC(C)(C)C)C1CC2CCC(C1)N2C(=O)c1ccc(C(F)(F)F)cc1. The summed E-state index contributed by atoms with van der Waals surface area (Å²) >= 11 is 0. The van der Waals surface area contributed by atoms with Crippen molar-refractivity contribution in [2.75, 3.05) is 7.11 Å². The Labute approximate surface area is 269 Å². The van der Waals surface area contributed by atoms with Crippen LogP contribution >= 0.6 is 0 Å². The highest BCUT2D eigenvalue weighted by Gasteiger charge is 2.50. The van der Waals surface area contributed by atoms with Crippen LogP contribution in [0.4, 0.5) is 18.0 Å². The lowest BCUT2D eigenvalue weighted by Crippen LogP contribution is -2.59. The molecule has 2 bridgehead atoms. The minimum Gasteiger partial charge on any atom is -0.467 e. The number of ether oxygens (including phenoxy) is 2. The largest absolute Gasteiger partial charge is 0.467 e. The summed E-state index contributed by atoms with van der Waals surface area (Å²) in [6, 6.07) is 1.14. The van der Waals surface area contributed by atoms with Crippen molar-refractivity contribution < 1.29 is 41.8 Å². The highest BCUT2D eigenvalue weighted by Crippen LogP contribution is 2.42. The van der Waals surface area contributed by atoms with Crippen LogP contribution < -0.4 is 5.32 Å². The van der Waals surface area contributed by atoms with Gasteiger partial charge in [0.15, 0.2) is 0 Å². The molecule has 0 spiro atoms. The molecule has 3 amide bonds. The number of likely N-dealkylation sites (tertiary alicyclic amines) is 1. The molecule has 46 heavy (non-hydrogen) atoms. The number of esters is 1. The van der Waals surface area contributed by atoms with E-state index in [1.54, 1.807) is 25.7 Å². The van der Waals surface area contributed by atoms with E-state index in [1.807, 2.05) is 0 Å². The summed E-state index contributed by atoms with van der Waals surface area (Å²) in [5.74, 6) is 1.45. The van der Waals surface area contributed by atoms with Gasteiger partial charge in [-0.05, 0) is 89.5 Å². The summed E-state index contributed by atoms with van der Waals surface area (Å²) in [6.07, 6.45) is -2.39. The molecular weight excluding hydrogens is 619 g/mol. The number of rotatable bonds is 5. The third-order valence-electron chi connectivity index (χ3n) is 8.60. The van der Waals surface area contributed by atoms with Gasteiger partial charge in [0.2, 0.25) is 5.91 Å². The number of hydrogen-bond acceptors (Lipinski definition) is 6. The Hall–Kier alpha value is -3.53. The van der Waals surface area contributed by atoms with Crippen molar-refractivity contribution in [1.82, 2.24) is 15.1 Å². The summed E-state index contributed by atoms with van der Waals surface area (Å²) in [7, 11) is -0.559. The zero-order valence-corrected chi connectivity index (χ0v) is 28.5. The fourth-order valence-electron chi connectivity index (χ4n) is 6.68. The van der Waals surface area contributed by atoms with E-state index in [0.717, 1.165) is 12.1 Å². The van der Waals surface area contributed by atoms with Crippen molar-refractivity contribution in [3.05, 3.63) is 35.4 Å². The number of nitrogens with zero attached hydrogens (tertiary/aromatic N) is 2. The lowest BCUT2D eigenvalue weighted by Gasteiger charge is -2.42. The standard InChI is InChI=1S/C33H44F3N3O6Si/c1-32(2,3)45-31(43)37-27(29(41)39-23(16-17-46(5,6)7)14-15-26(39)30(42)44-4)21-18-24-12-13-25(19-21)38(24)28(40)20-8-10-22(11-9-20)33(34,35)36/h8-11,21,23-27H,12-15,18-19H2,1-7H3,(H,37,43)/t21?,23-,24?,25?,26+,27+/m1/s1. The minimum atomic E-state index is -4.51. The smallest absolute Gasteiger partial charge is 0.416 e. The molecule has 0 radical (unpaired) electrons. The lowest BCUT2D eigenvalue weighted by molar-refractivity contribution is -0.153. The predicted molar refractivity (Wildman–Crippen MR) is 167 cm³/mol. The third-order valence-corrected chi connectivity index (χ3v) is 9.49. The van der Waals surface area contributed by atoms with Gasteiger partial charge < -0.3 is 24.6 Å². The maximum absolute atomic E-state index is 14.5. The Morgan fingerprint density at radius 3 is 2.02 bits per heavy atom. The average molecular weight is 664 g/mol. The number of hydrogen-bond donors (Lipinski definition) is 1. The van der Waals surface area contributed by atoms with E-state index in [1.165, 1.54) is 24.1 Å². The molecule has 0 aromatic heterocycles. The molecule has 2 unspecified atom stereocenters. The van der Waals surface area contributed by atoms with Crippen LogP contribution in [0, 0.1) is 17.4 Å². The molecule has 0 aliphatic carbocycles. The van der Waals surface area contributed by atoms with Gasteiger partial charge in [0, 0.05) is 17.6 Å². The molecule has 5 atom stereocenters. The van der Waals surface area contributed by atoms with Gasteiger partial charge in [-0.3, -0.25) is 9.59 Å². The summed E-state index contributed by atoms with van der Waals surface area (Å²) in [4.78, 5) is 57.2. The number of carbonyl (C=O) groups is 4. The van der Waals surface area contributed by atoms with E-state index in [4.69, 9.17) is 9.47 Å². The summed E-state index contributed by atoms with van der Waals surface area (Å²) < 4.78 is 49.9. The summed E-state index contributed by atoms with van der Waals surface area (Å²) in [5.41, 5.74) is 1.80. The van der Waals surface area contributed by atoms with Crippen LogP contribution in [0.2, 0.25) is 19.6 Å². The van der Waals surface area contributed by atoms with E-state index in [2.05, 4.69) is 36.4 Å². The second-order valence-corrected chi connectivity index (χ2v) is 19.2. The van der Waals surface area contributed by atoms with Gasteiger partial charge in [-0.2, -0.15) is 13.2 Å². The number of amides is 3. The van der Waals surface area contributed by atoms with Gasteiger partial charge in [-0.1, -0.05) is 25.6 Å². The summed E-state index contributed by atoms with van der Waals surface area (Å²) in [6.45, 7) is 11.4. The first-order chi connectivity index (χ1) is 21.3.